The maximum absolute atomic E-state index is 11.9. The molecule has 0 fully saturated rings. The quantitative estimate of drug-likeness (QED) is 0.366. The lowest BCUT2D eigenvalue weighted by molar-refractivity contribution is -0.123. The number of rotatable bonds is 11. The van der Waals surface area contributed by atoms with Gasteiger partial charge < -0.3 is 18.9 Å². The van der Waals surface area contributed by atoms with Crippen molar-refractivity contribution in [1.82, 2.24) is 5.43 Å². The Bertz CT molecular complexity index is 1040. The summed E-state index contributed by atoms with van der Waals surface area (Å²) < 4.78 is 21.8. The number of nitrogens with zero attached hydrogens (tertiary/aromatic N) is 1. The molecule has 7 nitrogen and oxygen atoms in total. The third-order valence-corrected chi connectivity index (χ3v) is 4.49. The number of hydrogen-bond donors (Lipinski definition) is 1. The van der Waals surface area contributed by atoms with Gasteiger partial charge in [0, 0.05) is 12.5 Å². The molecular weight excluding hydrogens is 408 g/mol. The van der Waals surface area contributed by atoms with Crippen molar-refractivity contribution >= 4 is 12.1 Å². The Labute approximate surface area is 187 Å². The summed E-state index contributed by atoms with van der Waals surface area (Å²) >= 11 is 0. The van der Waals surface area contributed by atoms with Crippen LogP contribution in [0.15, 0.2) is 77.9 Å². The van der Waals surface area contributed by atoms with Crippen LogP contribution in [0, 0.1) is 0 Å². The summed E-state index contributed by atoms with van der Waals surface area (Å²) in [6.45, 7) is 0.374. The van der Waals surface area contributed by atoms with Gasteiger partial charge in [-0.05, 0) is 41.5 Å². The minimum absolute atomic E-state index is 0.165. The molecule has 32 heavy (non-hydrogen) atoms. The number of carbonyl (C=O) groups is 1. The topological polar surface area (TPSA) is 78.4 Å². The van der Waals surface area contributed by atoms with E-state index in [0.717, 1.165) is 12.0 Å². The van der Waals surface area contributed by atoms with Crippen LogP contribution < -0.4 is 24.4 Å². The van der Waals surface area contributed by atoms with Crippen molar-refractivity contribution in [2.45, 2.75) is 6.42 Å². The van der Waals surface area contributed by atoms with Crippen LogP contribution in [0.25, 0.3) is 0 Å². The number of hydrazone groups is 1. The summed E-state index contributed by atoms with van der Waals surface area (Å²) in [5.74, 6) is 2.06. The molecule has 0 aliphatic rings. The summed E-state index contributed by atoms with van der Waals surface area (Å²) in [6.07, 6.45) is 2.33. The molecule has 0 unspecified atom stereocenters. The van der Waals surface area contributed by atoms with Gasteiger partial charge in [-0.15, -0.1) is 0 Å². The highest BCUT2D eigenvalue weighted by Gasteiger charge is 2.06. The number of amides is 1. The van der Waals surface area contributed by atoms with E-state index in [1.807, 2.05) is 30.3 Å². The summed E-state index contributed by atoms with van der Waals surface area (Å²) in [6, 6.07) is 22.6. The molecule has 1 amide bonds. The third-order valence-electron chi connectivity index (χ3n) is 4.49. The largest absolute Gasteiger partial charge is 0.497 e. The van der Waals surface area contributed by atoms with E-state index in [9.17, 15) is 4.79 Å². The van der Waals surface area contributed by atoms with Crippen molar-refractivity contribution in [2.24, 2.45) is 5.10 Å². The first kappa shape index (κ1) is 22.7. The Balaban J connectivity index is 1.47. The van der Waals surface area contributed by atoms with E-state index in [2.05, 4.69) is 22.7 Å². The molecule has 3 aromatic rings. The lowest BCUT2D eigenvalue weighted by Gasteiger charge is -2.11. The van der Waals surface area contributed by atoms with Crippen molar-refractivity contribution in [1.29, 1.82) is 0 Å². The van der Waals surface area contributed by atoms with Crippen LogP contribution in [0.2, 0.25) is 0 Å². The Kier molecular flexibility index (Phi) is 8.50. The summed E-state index contributed by atoms with van der Waals surface area (Å²) in [5, 5.41) is 3.97. The van der Waals surface area contributed by atoms with Gasteiger partial charge in [0.2, 0.25) is 0 Å². The van der Waals surface area contributed by atoms with Crippen LogP contribution in [0.1, 0.15) is 11.1 Å². The van der Waals surface area contributed by atoms with Gasteiger partial charge in [-0.1, -0.05) is 36.4 Å². The molecule has 0 heterocycles. The molecule has 3 rings (SSSR count). The second-order valence-electron chi connectivity index (χ2n) is 6.76. The molecule has 7 heteroatoms. The Hall–Kier alpha value is -4.00. The Morgan fingerprint density at radius 1 is 0.875 bits per heavy atom. The molecule has 0 saturated heterocycles. The van der Waals surface area contributed by atoms with Crippen LogP contribution in [-0.4, -0.2) is 39.6 Å². The van der Waals surface area contributed by atoms with Gasteiger partial charge in [0.05, 0.1) is 27.0 Å². The normalized spacial score (nSPS) is 10.6. The van der Waals surface area contributed by atoms with Gasteiger partial charge in [0.25, 0.3) is 5.91 Å². The van der Waals surface area contributed by atoms with Crippen LogP contribution >= 0.6 is 0 Å². The molecule has 1 N–H and O–H groups in total. The van der Waals surface area contributed by atoms with E-state index in [-0.39, 0.29) is 12.5 Å². The fourth-order valence-electron chi connectivity index (χ4n) is 2.86. The average molecular weight is 434 g/mol. The van der Waals surface area contributed by atoms with E-state index in [1.165, 1.54) is 11.8 Å². The molecule has 0 aliphatic carbocycles. The van der Waals surface area contributed by atoms with Crippen molar-refractivity contribution in [3.63, 3.8) is 0 Å². The fourth-order valence-corrected chi connectivity index (χ4v) is 2.86. The minimum atomic E-state index is -0.378. The van der Waals surface area contributed by atoms with E-state index in [4.69, 9.17) is 18.9 Å². The SMILES string of the molecule is COc1cccc(OCC(=O)N/N=C/c2ccc(OCCc3ccccc3)c(OC)c2)c1. The predicted molar refractivity (Wildman–Crippen MR) is 123 cm³/mol. The van der Waals surface area contributed by atoms with E-state index in [1.54, 1.807) is 44.6 Å². The van der Waals surface area contributed by atoms with Crippen LogP contribution in [0.3, 0.4) is 0 Å². The Morgan fingerprint density at radius 2 is 1.69 bits per heavy atom. The summed E-state index contributed by atoms with van der Waals surface area (Å²) in [4.78, 5) is 11.9. The lowest BCUT2D eigenvalue weighted by atomic mass is 10.2. The average Bonchev–Trinajstić information content (AvgIpc) is 2.84. The molecular formula is C25H26N2O5. The second kappa shape index (κ2) is 12.0. The maximum atomic E-state index is 11.9. The number of ether oxygens (including phenoxy) is 4. The first-order valence-corrected chi connectivity index (χ1v) is 10.1. The summed E-state index contributed by atoms with van der Waals surface area (Å²) in [5.41, 5.74) is 4.40. The standard InChI is InChI=1S/C25H26N2O5/c1-29-21-9-6-10-22(16-21)32-18-25(28)27-26-17-20-11-12-23(24(15-20)30-2)31-14-13-19-7-4-3-5-8-19/h3-12,15-17H,13-14,18H2,1-2H3,(H,27,28)/b26-17+. The van der Waals surface area contributed by atoms with Gasteiger partial charge in [-0.2, -0.15) is 5.10 Å². The van der Waals surface area contributed by atoms with Gasteiger partial charge in [-0.25, -0.2) is 5.43 Å². The molecule has 0 radical (unpaired) electrons. The zero-order valence-corrected chi connectivity index (χ0v) is 18.1. The smallest absolute Gasteiger partial charge is 0.277 e. The molecule has 0 aromatic heterocycles. The zero-order valence-electron chi connectivity index (χ0n) is 18.1. The molecule has 0 bridgehead atoms. The molecule has 0 saturated carbocycles. The molecule has 0 spiro atoms. The van der Waals surface area contributed by atoms with Crippen molar-refractivity contribution in [3.8, 4) is 23.0 Å². The van der Waals surface area contributed by atoms with Gasteiger partial charge in [0.1, 0.15) is 11.5 Å². The highest BCUT2D eigenvalue weighted by molar-refractivity contribution is 5.83. The number of hydrogen-bond acceptors (Lipinski definition) is 6. The molecule has 3 aromatic carbocycles. The van der Waals surface area contributed by atoms with Crippen LogP contribution in [-0.2, 0) is 11.2 Å². The fraction of sp³-hybridized carbons (Fsp3) is 0.200. The zero-order chi connectivity index (χ0) is 22.6. The molecule has 166 valence electrons. The number of methoxy groups -OCH3 is 2. The summed E-state index contributed by atoms with van der Waals surface area (Å²) in [7, 11) is 3.15. The van der Waals surface area contributed by atoms with E-state index < -0.39 is 0 Å². The predicted octanol–water partition coefficient (Wildman–Crippen LogP) is 3.85. The van der Waals surface area contributed by atoms with Gasteiger partial charge in [-0.3, -0.25) is 4.79 Å². The highest BCUT2D eigenvalue weighted by Crippen LogP contribution is 2.27. The van der Waals surface area contributed by atoms with Gasteiger partial charge in [0.15, 0.2) is 18.1 Å². The third kappa shape index (κ3) is 7.05. The number of nitrogens with one attached hydrogen (secondary N) is 1. The van der Waals surface area contributed by atoms with Gasteiger partial charge >= 0.3 is 0 Å². The van der Waals surface area contributed by atoms with Crippen molar-refractivity contribution in [3.05, 3.63) is 83.9 Å². The highest BCUT2D eigenvalue weighted by atomic mass is 16.5. The minimum Gasteiger partial charge on any atom is -0.497 e. The van der Waals surface area contributed by atoms with Crippen LogP contribution in [0.4, 0.5) is 0 Å². The number of benzene rings is 3. The molecule has 0 aliphatic heterocycles. The number of carbonyl (C=O) groups excluding carboxylic acids is 1. The van der Waals surface area contributed by atoms with E-state index in [0.29, 0.717) is 29.6 Å². The monoisotopic (exact) mass is 434 g/mol. The first-order chi connectivity index (χ1) is 15.7. The Morgan fingerprint density at radius 3 is 2.47 bits per heavy atom. The van der Waals surface area contributed by atoms with Crippen molar-refractivity contribution in [2.75, 3.05) is 27.4 Å². The lowest BCUT2D eigenvalue weighted by Crippen LogP contribution is -2.24. The van der Waals surface area contributed by atoms with Crippen molar-refractivity contribution < 1.29 is 23.7 Å². The van der Waals surface area contributed by atoms with Crippen LogP contribution in [0.5, 0.6) is 23.0 Å². The maximum Gasteiger partial charge on any atom is 0.277 e. The van der Waals surface area contributed by atoms with E-state index >= 15 is 0 Å². The molecule has 0 atom stereocenters. The first-order valence-electron chi connectivity index (χ1n) is 10.1. The second-order valence-corrected chi connectivity index (χ2v) is 6.76.